The van der Waals surface area contributed by atoms with Crippen molar-refractivity contribution in [2.45, 2.75) is 38.8 Å². The van der Waals surface area contributed by atoms with Gasteiger partial charge in [0.1, 0.15) is 12.6 Å². The third kappa shape index (κ3) is 3.01. The minimum atomic E-state index is -0.619. The number of hydrogen-bond donors (Lipinski definition) is 0. The molecule has 1 aromatic carbocycles. The molecule has 6 heteroatoms. The lowest BCUT2D eigenvalue weighted by atomic mass is 10.2. The molecule has 3 rings (SSSR count). The maximum Gasteiger partial charge on any atom is 0.329 e. The van der Waals surface area contributed by atoms with Gasteiger partial charge >= 0.3 is 5.97 Å². The van der Waals surface area contributed by atoms with E-state index in [1.807, 2.05) is 37.3 Å². The summed E-state index contributed by atoms with van der Waals surface area (Å²) < 4.78 is 6.83. The number of aromatic nitrogens is 2. The minimum Gasteiger partial charge on any atom is -0.459 e. The number of carbonyl (C=O) groups is 1. The van der Waals surface area contributed by atoms with Crippen LogP contribution in [-0.4, -0.2) is 15.5 Å². The number of nitrogens with zero attached hydrogens (tertiary/aromatic N) is 2. The highest BCUT2D eigenvalue weighted by molar-refractivity contribution is 6.29. The summed E-state index contributed by atoms with van der Waals surface area (Å²) in [6, 6.07) is 8.83. The summed E-state index contributed by atoms with van der Waals surface area (Å²) in [7, 11) is 0. The third-order valence-corrected chi connectivity index (χ3v) is 4.30. The molecule has 0 bridgehead atoms. The van der Waals surface area contributed by atoms with E-state index >= 15 is 0 Å². The van der Waals surface area contributed by atoms with E-state index in [0.717, 1.165) is 17.0 Å². The van der Waals surface area contributed by atoms with Crippen molar-refractivity contribution < 1.29 is 9.53 Å². The van der Waals surface area contributed by atoms with Crippen molar-refractivity contribution in [1.29, 1.82) is 0 Å². The van der Waals surface area contributed by atoms with Crippen molar-refractivity contribution in [2.75, 3.05) is 0 Å². The Bertz CT molecular complexity index is 786. The van der Waals surface area contributed by atoms with Crippen LogP contribution in [0.4, 0.5) is 0 Å². The molecular weight excluding hydrogens is 316 g/mol. The number of rotatable bonds is 4. The first-order chi connectivity index (χ1) is 11.1. The quantitative estimate of drug-likeness (QED) is 0.808. The van der Waals surface area contributed by atoms with E-state index in [9.17, 15) is 9.59 Å². The number of fused-ring (bicyclic) bond motifs is 1. The van der Waals surface area contributed by atoms with Crippen molar-refractivity contribution >= 4 is 17.6 Å². The second-order valence-corrected chi connectivity index (χ2v) is 5.83. The Morgan fingerprint density at radius 2 is 2.13 bits per heavy atom. The number of carbonyl (C=O) groups excluding carboxylic acids is 1. The van der Waals surface area contributed by atoms with Gasteiger partial charge < -0.3 is 4.74 Å². The predicted octanol–water partition coefficient (Wildman–Crippen LogP) is 2.69. The van der Waals surface area contributed by atoms with Gasteiger partial charge in [-0.1, -0.05) is 48.9 Å². The largest absolute Gasteiger partial charge is 0.459 e. The maximum atomic E-state index is 12.4. The highest BCUT2D eigenvalue weighted by atomic mass is 35.5. The van der Waals surface area contributed by atoms with Gasteiger partial charge in [-0.25, -0.2) is 9.78 Å². The van der Waals surface area contributed by atoms with E-state index in [2.05, 4.69) is 4.98 Å². The van der Waals surface area contributed by atoms with Crippen LogP contribution in [0.1, 0.15) is 36.3 Å². The van der Waals surface area contributed by atoms with Crippen LogP contribution < -0.4 is 5.56 Å². The zero-order chi connectivity index (χ0) is 16.4. The Morgan fingerprint density at radius 3 is 2.83 bits per heavy atom. The molecule has 1 aliphatic heterocycles. The van der Waals surface area contributed by atoms with Gasteiger partial charge in [0.2, 0.25) is 0 Å². The molecule has 120 valence electrons. The van der Waals surface area contributed by atoms with Crippen molar-refractivity contribution in [3.05, 3.63) is 62.8 Å². The Kier molecular flexibility index (Phi) is 4.48. The molecule has 1 atom stereocenters. The second-order valence-electron chi connectivity index (χ2n) is 5.47. The molecule has 0 saturated heterocycles. The van der Waals surface area contributed by atoms with Crippen LogP contribution in [-0.2, 0) is 29.0 Å². The van der Waals surface area contributed by atoms with Gasteiger partial charge in [-0.2, -0.15) is 0 Å². The summed E-state index contributed by atoms with van der Waals surface area (Å²) in [5.41, 5.74) is 2.06. The van der Waals surface area contributed by atoms with E-state index < -0.39 is 17.6 Å². The molecule has 0 saturated carbocycles. The monoisotopic (exact) mass is 332 g/mol. The molecular formula is C17H17ClN2O3. The third-order valence-electron chi connectivity index (χ3n) is 4.05. The number of aryl methyl sites for hydroxylation is 1. The summed E-state index contributed by atoms with van der Waals surface area (Å²) in [5, 5.41) is -0.0895. The second kappa shape index (κ2) is 6.54. The number of benzene rings is 1. The topological polar surface area (TPSA) is 61.2 Å². The summed E-state index contributed by atoms with van der Waals surface area (Å²) in [5.74, 6) is -0.404. The van der Waals surface area contributed by atoms with Gasteiger partial charge in [-0.15, -0.1) is 0 Å². The molecule has 1 aliphatic rings. The van der Waals surface area contributed by atoms with E-state index in [4.69, 9.17) is 16.3 Å². The first-order valence-corrected chi connectivity index (χ1v) is 8.00. The van der Waals surface area contributed by atoms with Gasteiger partial charge in [0.05, 0.1) is 5.69 Å². The average molecular weight is 333 g/mol. The van der Waals surface area contributed by atoms with Gasteiger partial charge in [-0.05, 0) is 24.8 Å². The lowest BCUT2D eigenvalue weighted by Gasteiger charge is -2.15. The van der Waals surface area contributed by atoms with Crippen LogP contribution in [0.3, 0.4) is 0 Å². The van der Waals surface area contributed by atoms with Crippen LogP contribution in [0.2, 0.25) is 5.15 Å². The number of ether oxygens (including phenoxy) is 1. The number of halogens is 1. The molecule has 0 radical (unpaired) electrons. The van der Waals surface area contributed by atoms with Crippen LogP contribution in [0.5, 0.6) is 0 Å². The molecule has 2 aromatic rings. The normalized spacial score (nSPS) is 16.2. The Hall–Kier alpha value is -2.14. The van der Waals surface area contributed by atoms with Gasteiger partial charge in [-0.3, -0.25) is 9.36 Å². The lowest BCUT2D eigenvalue weighted by Crippen LogP contribution is -2.30. The van der Waals surface area contributed by atoms with Gasteiger partial charge in [0, 0.05) is 5.69 Å². The van der Waals surface area contributed by atoms with Crippen LogP contribution in [0.15, 0.2) is 35.1 Å². The summed E-state index contributed by atoms with van der Waals surface area (Å²) >= 11 is 5.92. The van der Waals surface area contributed by atoms with Crippen LogP contribution >= 0.6 is 11.6 Å². The highest BCUT2D eigenvalue weighted by Gasteiger charge is 2.33. The highest BCUT2D eigenvalue weighted by Crippen LogP contribution is 2.28. The molecule has 5 nitrogen and oxygen atoms in total. The first kappa shape index (κ1) is 15.7. The number of esters is 1. The zero-order valence-electron chi connectivity index (χ0n) is 12.8. The molecule has 1 aromatic heterocycles. The van der Waals surface area contributed by atoms with Crippen LogP contribution in [0.25, 0.3) is 0 Å². The van der Waals surface area contributed by atoms with E-state index in [-0.39, 0.29) is 11.8 Å². The average Bonchev–Trinajstić information content (AvgIpc) is 3.02. The fourth-order valence-corrected chi connectivity index (χ4v) is 3.11. The molecule has 2 heterocycles. The number of hydrogen-bond acceptors (Lipinski definition) is 4. The van der Waals surface area contributed by atoms with Gasteiger partial charge in [0.15, 0.2) is 5.15 Å². The molecule has 0 aliphatic carbocycles. The molecule has 0 fully saturated rings. The molecule has 0 amide bonds. The lowest BCUT2D eigenvalue weighted by molar-refractivity contribution is -0.148. The molecule has 0 spiro atoms. The Balaban J connectivity index is 1.83. The summed E-state index contributed by atoms with van der Waals surface area (Å²) in [6.07, 6.45) is 1.84. The fourth-order valence-electron chi connectivity index (χ4n) is 2.92. The molecule has 0 N–H and O–H groups in total. The first-order valence-electron chi connectivity index (χ1n) is 7.62. The predicted molar refractivity (Wildman–Crippen MR) is 86.5 cm³/mol. The Morgan fingerprint density at radius 1 is 1.39 bits per heavy atom. The van der Waals surface area contributed by atoms with Crippen molar-refractivity contribution in [3.63, 3.8) is 0 Å². The summed E-state index contributed by atoms with van der Waals surface area (Å²) in [6.45, 7) is 2.14. The maximum absolute atomic E-state index is 12.4. The standard InChI is InChI=1S/C17H17ClN2O3/c1-2-12-13-8-9-14(20(13)16(21)15(18)19-12)17(22)23-10-11-6-4-3-5-7-11/h3-7,14H,2,8-10H2,1H3. The fraction of sp³-hybridized carbons (Fsp3) is 0.353. The van der Waals surface area contributed by atoms with Gasteiger partial charge in [0.25, 0.3) is 5.56 Å². The van der Waals surface area contributed by atoms with E-state index in [0.29, 0.717) is 19.3 Å². The van der Waals surface area contributed by atoms with Crippen molar-refractivity contribution in [3.8, 4) is 0 Å². The Labute approximate surface area is 138 Å². The molecule has 23 heavy (non-hydrogen) atoms. The molecule has 1 unspecified atom stereocenters. The minimum absolute atomic E-state index is 0.0895. The smallest absolute Gasteiger partial charge is 0.329 e. The van der Waals surface area contributed by atoms with Crippen LogP contribution in [0, 0.1) is 0 Å². The van der Waals surface area contributed by atoms with E-state index in [1.54, 1.807) is 0 Å². The summed E-state index contributed by atoms with van der Waals surface area (Å²) in [4.78, 5) is 28.8. The zero-order valence-corrected chi connectivity index (χ0v) is 13.5. The van der Waals surface area contributed by atoms with Crippen molar-refractivity contribution in [2.24, 2.45) is 0 Å². The van der Waals surface area contributed by atoms with Crippen molar-refractivity contribution in [1.82, 2.24) is 9.55 Å². The SMILES string of the molecule is CCc1nc(Cl)c(=O)n2c1CCC2C(=O)OCc1ccccc1. The van der Waals surface area contributed by atoms with E-state index in [1.165, 1.54) is 4.57 Å².